The van der Waals surface area contributed by atoms with Gasteiger partial charge in [-0.2, -0.15) is 0 Å². The molecule has 66 valence electrons. The SMILES string of the molecule is N[C@@H](CS(=O)(=O)SS)C(=O)O. The second-order valence-corrected chi connectivity index (χ2v) is 6.65. The van der Waals surface area contributed by atoms with Crippen LogP contribution in [-0.4, -0.2) is 31.3 Å². The van der Waals surface area contributed by atoms with Gasteiger partial charge >= 0.3 is 5.97 Å². The summed E-state index contributed by atoms with van der Waals surface area (Å²) < 4.78 is 21.3. The van der Waals surface area contributed by atoms with E-state index < -0.39 is 26.6 Å². The second-order valence-electron chi connectivity index (χ2n) is 1.74. The Hall–Kier alpha value is 0.0800. The molecule has 11 heavy (non-hydrogen) atoms. The number of carboxylic acid groups (broad SMARTS) is 1. The fourth-order valence-corrected chi connectivity index (χ4v) is 2.14. The first-order valence-electron chi connectivity index (χ1n) is 2.43. The number of hydrogen-bond acceptors (Lipinski definition) is 6. The number of aliphatic carboxylic acids is 1. The van der Waals surface area contributed by atoms with Gasteiger partial charge in [0.25, 0.3) is 0 Å². The van der Waals surface area contributed by atoms with Gasteiger partial charge < -0.3 is 10.8 Å². The summed E-state index contributed by atoms with van der Waals surface area (Å²) in [5, 5.41) is 8.22. The Kier molecular flexibility index (Phi) is 4.22. The number of carbonyl (C=O) groups is 1. The van der Waals surface area contributed by atoms with Gasteiger partial charge in [0.05, 0.1) is 5.75 Å². The van der Waals surface area contributed by atoms with Crippen LogP contribution in [0.25, 0.3) is 0 Å². The lowest BCUT2D eigenvalue weighted by Crippen LogP contribution is -2.36. The average Bonchev–Trinajstić information content (AvgIpc) is 1.87. The van der Waals surface area contributed by atoms with Gasteiger partial charge in [0.15, 0.2) is 0 Å². The summed E-state index contributed by atoms with van der Waals surface area (Å²) in [6.45, 7) is 0. The topological polar surface area (TPSA) is 97.5 Å². The van der Waals surface area contributed by atoms with Crippen molar-refractivity contribution in [1.82, 2.24) is 0 Å². The van der Waals surface area contributed by atoms with Gasteiger partial charge in [0, 0.05) is 9.83 Å². The van der Waals surface area contributed by atoms with E-state index in [1.807, 2.05) is 0 Å². The summed E-state index contributed by atoms with van der Waals surface area (Å²) in [5.41, 5.74) is 4.95. The molecule has 0 amide bonds. The van der Waals surface area contributed by atoms with E-state index in [0.717, 1.165) is 0 Å². The minimum atomic E-state index is -3.49. The highest BCUT2D eigenvalue weighted by atomic mass is 33.5. The minimum absolute atomic E-state index is 0.296. The van der Waals surface area contributed by atoms with Crippen LogP contribution in [0.1, 0.15) is 0 Å². The highest BCUT2D eigenvalue weighted by Crippen LogP contribution is 2.16. The Labute approximate surface area is 72.5 Å². The molecular formula is C3H7NO4S3. The van der Waals surface area contributed by atoms with Crippen molar-refractivity contribution in [3.05, 3.63) is 0 Å². The van der Waals surface area contributed by atoms with Crippen molar-refractivity contribution in [2.45, 2.75) is 6.04 Å². The number of thiol groups is 1. The van der Waals surface area contributed by atoms with Gasteiger partial charge in [0.1, 0.15) is 6.04 Å². The molecule has 0 spiro atoms. The molecule has 0 saturated heterocycles. The maximum absolute atomic E-state index is 10.7. The van der Waals surface area contributed by atoms with Gasteiger partial charge in [-0.25, -0.2) is 8.42 Å². The van der Waals surface area contributed by atoms with Crippen LogP contribution in [0.4, 0.5) is 0 Å². The van der Waals surface area contributed by atoms with Crippen LogP contribution in [-0.2, 0) is 13.7 Å². The Bertz CT molecular complexity index is 235. The first-order chi connectivity index (χ1) is 4.89. The van der Waals surface area contributed by atoms with Crippen molar-refractivity contribution in [2.24, 2.45) is 5.73 Å². The first-order valence-corrected chi connectivity index (χ1v) is 6.47. The summed E-state index contributed by atoms with van der Waals surface area (Å²) >= 11 is 3.42. The van der Waals surface area contributed by atoms with Gasteiger partial charge in [-0.1, -0.05) is 11.7 Å². The van der Waals surface area contributed by atoms with Crippen LogP contribution in [0.3, 0.4) is 0 Å². The zero-order chi connectivity index (χ0) is 9.07. The molecule has 0 rings (SSSR count). The molecular weight excluding hydrogens is 210 g/mol. The van der Waals surface area contributed by atoms with Crippen LogP contribution in [0, 0.1) is 0 Å². The number of hydrogen-bond donors (Lipinski definition) is 3. The van der Waals surface area contributed by atoms with E-state index in [4.69, 9.17) is 10.8 Å². The molecule has 5 nitrogen and oxygen atoms in total. The Morgan fingerprint density at radius 3 is 2.45 bits per heavy atom. The van der Waals surface area contributed by atoms with Crippen molar-refractivity contribution in [3.8, 4) is 0 Å². The van der Waals surface area contributed by atoms with Crippen LogP contribution in [0.15, 0.2) is 0 Å². The number of carboxylic acids is 1. The summed E-state index contributed by atoms with van der Waals surface area (Å²) in [6.07, 6.45) is 0. The average molecular weight is 217 g/mol. The lowest BCUT2D eigenvalue weighted by Gasteiger charge is -2.03. The smallest absolute Gasteiger partial charge is 0.321 e. The molecule has 0 aliphatic rings. The van der Waals surface area contributed by atoms with E-state index in [2.05, 4.69) is 11.7 Å². The molecule has 0 fully saturated rings. The summed E-state index contributed by atoms with van der Waals surface area (Å²) in [5.74, 6) is -1.94. The van der Waals surface area contributed by atoms with E-state index in [1.165, 1.54) is 0 Å². The third-order valence-electron chi connectivity index (χ3n) is 0.814. The highest BCUT2D eigenvalue weighted by Gasteiger charge is 2.20. The van der Waals surface area contributed by atoms with Gasteiger partial charge in [0.2, 0.25) is 8.87 Å². The Balaban J connectivity index is 4.16. The maximum atomic E-state index is 10.7. The van der Waals surface area contributed by atoms with Gasteiger partial charge in [-0.3, -0.25) is 4.79 Å². The maximum Gasteiger partial charge on any atom is 0.321 e. The third kappa shape index (κ3) is 4.51. The van der Waals surface area contributed by atoms with Crippen LogP contribution in [0.5, 0.6) is 0 Å². The Morgan fingerprint density at radius 2 is 2.18 bits per heavy atom. The molecule has 8 heteroatoms. The predicted octanol–water partition coefficient (Wildman–Crippen LogP) is -0.694. The standard InChI is InChI=1S/C3H7NO4S3/c4-2(3(5)6)1-11(7,8)10-9/h2,9H,1,4H2,(H,5,6)/t2-/m0/s1. The molecule has 0 bridgehead atoms. The zero-order valence-electron chi connectivity index (χ0n) is 5.30. The summed E-state index contributed by atoms with van der Waals surface area (Å²) in [6, 6.07) is -1.38. The lowest BCUT2D eigenvalue weighted by molar-refractivity contribution is -0.137. The van der Waals surface area contributed by atoms with Gasteiger partial charge in [-0.15, -0.1) is 0 Å². The van der Waals surface area contributed by atoms with E-state index in [9.17, 15) is 13.2 Å². The molecule has 0 saturated carbocycles. The monoisotopic (exact) mass is 217 g/mol. The van der Waals surface area contributed by atoms with Crippen molar-refractivity contribution in [3.63, 3.8) is 0 Å². The van der Waals surface area contributed by atoms with Crippen LogP contribution < -0.4 is 5.73 Å². The molecule has 0 heterocycles. The summed E-state index contributed by atoms with van der Waals surface area (Å²) in [7, 11) is -3.19. The van der Waals surface area contributed by atoms with E-state index in [0.29, 0.717) is 9.83 Å². The molecule has 0 aliphatic carbocycles. The minimum Gasteiger partial charge on any atom is -0.480 e. The molecule has 0 aromatic rings. The van der Waals surface area contributed by atoms with Crippen molar-refractivity contribution in [1.29, 1.82) is 0 Å². The van der Waals surface area contributed by atoms with Crippen molar-refractivity contribution in [2.75, 3.05) is 5.75 Å². The van der Waals surface area contributed by atoms with Crippen molar-refractivity contribution < 1.29 is 18.3 Å². The van der Waals surface area contributed by atoms with E-state index >= 15 is 0 Å². The molecule has 1 atom stereocenters. The predicted molar refractivity (Wildman–Crippen MR) is 46.0 cm³/mol. The van der Waals surface area contributed by atoms with Crippen LogP contribution in [0.2, 0.25) is 0 Å². The molecule has 0 aromatic carbocycles. The fraction of sp³-hybridized carbons (Fsp3) is 0.667. The highest BCUT2D eigenvalue weighted by molar-refractivity contribution is 9.02. The molecule has 0 aromatic heterocycles. The largest absolute Gasteiger partial charge is 0.480 e. The van der Waals surface area contributed by atoms with Gasteiger partial charge in [-0.05, 0) is 0 Å². The normalized spacial score (nSPS) is 14.4. The second kappa shape index (κ2) is 4.19. The summed E-state index contributed by atoms with van der Waals surface area (Å²) in [4.78, 5) is 10.1. The molecule has 0 unspecified atom stereocenters. The first kappa shape index (κ1) is 11.1. The molecule has 0 radical (unpaired) electrons. The van der Waals surface area contributed by atoms with Crippen LogP contribution >= 0.6 is 21.5 Å². The fourth-order valence-electron chi connectivity index (χ4n) is 0.322. The molecule has 3 N–H and O–H groups in total. The van der Waals surface area contributed by atoms with Crippen molar-refractivity contribution >= 4 is 36.3 Å². The lowest BCUT2D eigenvalue weighted by atomic mass is 10.4. The van der Waals surface area contributed by atoms with E-state index in [1.54, 1.807) is 0 Å². The Morgan fingerprint density at radius 1 is 1.73 bits per heavy atom. The van der Waals surface area contributed by atoms with E-state index in [-0.39, 0.29) is 0 Å². The quantitative estimate of drug-likeness (QED) is 0.426. The number of rotatable bonds is 4. The molecule has 0 aliphatic heterocycles. The zero-order valence-corrected chi connectivity index (χ0v) is 7.82. The number of nitrogens with two attached hydrogens (primary N) is 1. The third-order valence-corrected chi connectivity index (χ3v) is 4.94.